The number of hydrogen-bond donors (Lipinski definition) is 1. The third-order valence-electron chi connectivity index (χ3n) is 3.45. The smallest absolute Gasteiger partial charge is 0.240 e. The van der Waals surface area contributed by atoms with E-state index in [1.165, 1.54) is 18.2 Å². The minimum Gasteiger partial charge on any atom is -0.305 e. The van der Waals surface area contributed by atoms with Crippen molar-refractivity contribution < 1.29 is 16.8 Å². The monoisotopic (exact) mass is 399 g/mol. The number of halogens is 1. The van der Waals surface area contributed by atoms with Gasteiger partial charge in [0, 0.05) is 18.6 Å². The minimum atomic E-state index is -3.88. The molecular formula is C15H14ClN3O4S2. The minimum absolute atomic E-state index is 0.0370. The first-order valence-corrected chi connectivity index (χ1v) is 10.8. The first kappa shape index (κ1) is 17.9. The molecule has 0 saturated carbocycles. The lowest BCUT2D eigenvalue weighted by atomic mass is 10.4. The van der Waals surface area contributed by atoms with Crippen LogP contribution in [0, 0.1) is 0 Å². The number of sulfonamides is 1. The van der Waals surface area contributed by atoms with Crippen LogP contribution >= 0.6 is 11.6 Å². The Balaban J connectivity index is 1.84. The number of nitrogens with one attached hydrogen (secondary N) is 1. The number of fused-ring (bicyclic) bond motifs is 1. The fraction of sp³-hybridized carbons (Fsp3) is 0.133. The van der Waals surface area contributed by atoms with Crippen LogP contribution in [-0.4, -0.2) is 32.5 Å². The molecule has 0 amide bonds. The molecule has 0 aliphatic heterocycles. The topological polar surface area (TPSA) is 97.6 Å². The molecule has 0 aliphatic carbocycles. The van der Waals surface area contributed by atoms with E-state index in [9.17, 15) is 16.8 Å². The molecule has 0 unspecified atom stereocenters. The van der Waals surface area contributed by atoms with Gasteiger partial charge in [-0.3, -0.25) is 0 Å². The lowest BCUT2D eigenvalue weighted by Gasteiger charge is -2.06. The molecule has 0 bridgehead atoms. The van der Waals surface area contributed by atoms with Crippen molar-refractivity contribution in [3.05, 3.63) is 59.5 Å². The van der Waals surface area contributed by atoms with E-state index in [2.05, 4.69) is 9.71 Å². The lowest BCUT2D eigenvalue weighted by molar-refractivity contribution is 0.580. The summed E-state index contributed by atoms with van der Waals surface area (Å²) in [5, 5.41) is 0.537. The molecule has 2 heterocycles. The maximum atomic E-state index is 12.4. The van der Waals surface area contributed by atoms with E-state index >= 15 is 0 Å². The van der Waals surface area contributed by atoms with Crippen LogP contribution in [-0.2, 0) is 26.4 Å². The van der Waals surface area contributed by atoms with Gasteiger partial charge in [-0.1, -0.05) is 17.7 Å². The molecule has 7 nitrogen and oxygen atoms in total. The normalized spacial score (nSPS) is 12.6. The maximum Gasteiger partial charge on any atom is 0.240 e. The SMILES string of the molecule is CS(=O)(=O)c1cccc(S(=O)(=O)NCc2cn3cc(Cl)ccc3n2)c1. The van der Waals surface area contributed by atoms with E-state index < -0.39 is 19.9 Å². The second-order valence-electron chi connectivity index (χ2n) is 5.42. The molecule has 0 saturated heterocycles. The van der Waals surface area contributed by atoms with Crippen LogP contribution in [0.4, 0.5) is 0 Å². The van der Waals surface area contributed by atoms with Gasteiger partial charge in [-0.2, -0.15) is 0 Å². The fourth-order valence-electron chi connectivity index (χ4n) is 2.23. The zero-order valence-electron chi connectivity index (χ0n) is 13.0. The summed E-state index contributed by atoms with van der Waals surface area (Å²) >= 11 is 5.90. The summed E-state index contributed by atoms with van der Waals surface area (Å²) in [6.07, 6.45) is 4.35. The Morgan fingerprint density at radius 1 is 1.08 bits per heavy atom. The van der Waals surface area contributed by atoms with E-state index in [1.54, 1.807) is 28.9 Å². The predicted molar refractivity (Wildman–Crippen MR) is 93.8 cm³/mol. The molecule has 10 heteroatoms. The quantitative estimate of drug-likeness (QED) is 0.706. The lowest BCUT2D eigenvalue weighted by Crippen LogP contribution is -2.23. The number of pyridine rings is 1. The van der Waals surface area contributed by atoms with Crippen molar-refractivity contribution >= 4 is 37.1 Å². The van der Waals surface area contributed by atoms with Gasteiger partial charge in [0.15, 0.2) is 9.84 Å². The maximum absolute atomic E-state index is 12.4. The largest absolute Gasteiger partial charge is 0.305 e. The number of benzene rings is 1. The van der Waals surface area contributed by atoms with Crippen molar-refractivity contribution in [2.75, 3.05) is 6.26 Å². The Morgan fingerprint density at radius 2 is 1.80 bits per heavy atom. The van der Waals surface area contributed by atoms with Crippen LogP contribution in [0.5, 0.6) is 0 Å². The van der Waals surface area contributed by atoms with Crippen molar-refractivity contribution in [3.63, 3.8) is 0 Å². The van der Waals surface area contributed by atoms with Crippen LogP contribution in [0.1, 0.15) is 5.69 Å². The van der Waals surface area contributed by atoms with Gasteiger partial charge >= 0.3 is 0 Å². The average molecular weight is 400 g/mol. The first-order valence-electron chi connectivity index (χ1n) is 7.08. The van der Waals surface area contributed by atoms with Crippen LogP contribution in [0.3, 0.4) is 0 Å². The second-order valence-corrected chi connectivity index (χ2v) is 9.64. The summed E-state index contributed by atoms with van der Waals surface area (Å²) < 4.78 is 52.0. The van der Waals surface area contributed by atoms with Gasteiger partial charge in [0.1, 0.15) is 5.65 Å². The van der Waals surface area contributed by atoms with Gasteiger partial charge in [-0.05, 0) is 30.3 Å². The first-order chi connectivity index (χ1) is 11.6. The molecule has 1 N–H and O–H groups in total. The number of hydrogen-bond acceptors (Lipinski definition) is 5. The number of rotatable bonds is 5. The molecule has 132 valence electrons. The van der Waals surface area contributed by atoms with E-state index in [1.807, 2.05) is 0 Å². The summed E-state index contributed by atoms with van der Waals surface area (Å²) in [5.74, 6) is 0. The second kappa shape index (κ2) is 6.41. The summed E-state index contributed by atoms with van der Waals surface area (Å²) in [6.45, 7) is -0.0370. The molecule has 1 aromatic carbocycles. The Morgan fingerprint density at radius 3 is 2.52 bits per heavy atom. The number of sulfone groups is 1. The zero-order valence-corrected chi connectivity index (χ0v) is 15.4. The third-order valence-corrected chi connectivity index (χ3v) is 6.18. The summed E-state index contributed by atoms with van der Waals surface area (Å²) in [4.78, 5) is 4.11. The van der Waals surface area contributed by atoms with Gasteiger partial charge in [-0.25, -0.2) is 26.5 Å². The highest BCUT2D eigenvalue weighted by Gasteiger charge is 2.17. The van der Waals surface area contributed by atoms with Crippen LogP contribution in [0.15, 0.2) is 58.6 Å². The molecule has 3 rings (SSSR count). The summed E-state index contributed by atoms with van der Waals surface area (Å²) in [6, 6.07) is 8.60. The fourth-order valence-corrected chi connectivity index (χ4v) is 4.18. The number of nitrogens with zero attached hydrogens (tertiary/aromatic N) is 2. The molecule has 0 atom stereocenters. The third kappa shape index (κ3) is 4.01. The van der Waals surface area contributed by atoms with Crippen molar-refractivity contribution in [2.45, 2.75) is 16.3 Å². The Labute approximate surface area is 150 Å². The predicted octanol–water partition coefficient (Wildman–Crippen LogP) is 1.87. The molecule has 0 fully saturated rings. The highest BCUT2D eigenvalue weighted by molar-refractivity contribution is 7.91. The van der Waals surface area contributed by atoms with Crippen LogP contribution in [0.2, 0.25) is 5.02 Å². The highest BCUT2D eigenvalue weighted by Crippen LogP contribution is 2.16. The average Bonchev–Trinajstić information content (AvgIpc) is 2.94. The molecule has 25 heavy (non-hydrogen) atoms. The van der Waals surface area contributed by atoms with Crippen molar-refractivity contribution in [2.24, 2.45) is 0 Å². The highest BCUT2D eigenvalue weighted by atomic mass is 35.5. The Kier molecular flexibility index (Phi) is 4.58. The molecular weight excluding hydrogens is 386 g/mol. The van der Waals surface area contributed by atoms with Gasteiger partial charge < -0.3 is 4.40 Å². The van der Waals surface area contributed by atoms with E-state index in [0.29, 0.717) is 16.4 Å². The van der Waals surface area contributed by atoms with E-state index in [-0.39, 0.29) is 16.3 Å². The van der Waals surface area contributed by atoms with Crippen molar-refractivity contribution in [3.8, 4) is 0 Å². The Hall–Kier alpha value is -1.94. The van der Waals surface area contributed by atoms with Gasteiger partial charge in [0.25, 0.3) is 0 Å². The zero-order chi connectivity index (χ0) is 18.2. The van der Waals surface area contributed by atoms with Crippen LogP contribution < -0.4 is 4.72 Å². The molecule has 3 aromatic rings. The van der Waals surface area contributed by atoms with E-state index in [4.69, 9.17) is 11.6 Å². The van der Waals surface area contributed by atoms with Gasteiger partial charge in [0.05, 0.1) is 27.1 Å². The van der Waals surface area contributed by atoms with Gasteiger partial charge in [-0.15, -0.1) is 0 Å². The molecule has 0 spiro atoms. The molecule has 0 radical (unpaired) electrons. The molecule has 2 aromatic heterocycles. The Bertz CT molecular complexity index is 1150. The van der Waals surface area contributed by atoms with Crippen molar-refractivity contribution in [1.29, 1.82) is 0 Å². The number of imidazole rings is 1. The van der Waals surface area contributed by atoms with E-state index in [0.717, 1.165) is 12.3 Å². The van der Waals surface area contributed by atoms with Crippen LogP contribution in [0.25, 0.3) is 5.65 Å². The standard InChI is InChI=1S/C15H14ClN3O4S2/c1-24(20,21)13-3-2-4-14(7-13)25(22,23)17-8-12-10-19-9-11(16)5-6-15(19)18-12/h2-7,9-10,17H,8H2,1H3. The summed E-state index contributed by atoms with van der Waals surface area (Å²) in [5.41, 5.74) is 1.14. The summed E-state index contributed by atoms with van der Waals surface area (Å²) in [7, 11) is -7.37. The molecule has 0 aliphatic rings. The van der Waals surface area contributed by atoms with Gasteiger partial charge in [0.2, 0.25) is 10.0 Å². The number of aromatic nitrogens is 2. The van der Waals surface area contributed by atoms with Crippen molar-refractivity contribution in [1.82, 2.24) is 14.1 Å².